The van der Waals surface area contributed by atoms with Gasteiger partial charge in [0.1, 0.15) is 5.92 Å². The zero-order chi connectivity index (χ0) is 13.1. The van der Waals surface area contributed by atoms with Crippen LogP contribution in [0.5, 0.6) is 0 Å². The van der Waals surface area contributed by atoms with Crippen molar-refractivity contribution in [2.24, 2.45) is 5.92 Å². The van der Waals surface area contributed by atoms with Gasteiger partial charge >= 0.3 is 12.0 Å². The van der Waals surface area contributed by atoms with Crippen molar-refractivity contribution in [3.63, 3.8) is 0 Å². The maximum atomic E-state index is 11.6. The lowest BCUT2D eigenvalue weighted by Gasteiger charge is -2.22. The van der Waals surface area contributed by atoms with Crippen molar-refractivity contribution in [2.75, 3.05) is 13.2 Å². The smallest absolute Gasteiger partial charge is 0.316 e. The molecule has 6 heteroatoms. The number of nitrogens with one attached hydrogen (secondary N) is 2. The van der Waals surface area contributed by atoms with E-state index in [0.29, 0.717) is 0 Å². The third kappa shape index (κ3) is 3.64. The van der Waals surface area contributed by atoms with Gasteiger partial charge in [0.25, 0.3) is 0 Å². The normalized spacial score (nSPS) is 23.8. The number of amides is 2. The lowest BCUT2D eigenvalue weighted by atomic mass is 10.0. The Morgan fingerprint density at radius 2 is 2.12 bits per heavy atom. The van der Waals surface area contributed by atoms with Crippen LogP contribution in [0.2, 0.25) is 0 Å². The Hall–Kier alpha value is -1.74. The summed E-state index contributed by atoms with van der Waals surface area (Å²) < 4.78 is 5.02. The summed E-state index contributed by atoms with van der Waals surface area (Å²) in [5.74, 6) is 0.716. The van der Waals surface area contributed by atoms with Gasteiger partial charge in [0.15, 0.2) is 0 Å². The van der Waals surface area contributed by atoms with Gasteiger partial charge in [0, 0.05) is 0 Å². The Bertz CT molecular complexity index is 359. The zero-order valence-corrected chi connectivity index (χ0v) is 9.82. The van der Waals surface area contributed by atoms with E-state index in [9.17, 15) is 9.59 Å². The number of urea groups is 1. The van der Waals surface area contributed by atoms with E-state index in [-0.39, 0.29) is 13.2 Å². The van der Waals surface area contributed by atoms with Crippen molar-refractivity contribution >= 4 is 12.0 Å². The van der Waals surface area contributed by atoms with Crippen LogP contribution in [-0.4, -0.2) is 41.9 Å². The van der Waals surface area contributed by atoms with Crippen molar-refractivity contribution in [2.45, 2.75) is 25.4 Å². The van der Waals surface area contributed by atoms with Crippen LogP contribution in [0.4, 0.5) is 4.79 Å². The number of carbonyl (C=O) groups is 2. The minimum Gasteiger partial charge on any atom is -0.481 e. The first-order valence-corrected chi connectivity index (χ1v) is 5.23. The van der Waals surface area contributed by atoms with Crippen LogP contribution in [0.25, 0.3) is 0 Å². The van der Waals surface area contributed by atoms with Crippen molar-refractivity contribution in [3.05, 3.63) is 0 Å². The molecule has 94 valence electrons. The summed E-state index contributed by atoms with van der Waals surface area (Å²) in [6.45, 7) is 3.65. The Morgan fingerprint density at radius 1 is 1.47 bits per heavy atom. The van der Waals surface area contributed by atoms with Gasteiger partial charge in [-0.2, -0.15) is 0 Å². The third-order valence-corrected chi connectivity index (χ3v) is 2.50. The van der Waals surface area contributed by atoms with Crippen LogP contribution in [-0.2, 0) is 9.53 Å². The second kappa shape index (κ2) is 5.06. The highest BCUT2D eigenvalue weighted by atomic mass is 16.5. The van der Waals surface area contributed by atoms with Crippen molar-refractivity contribution < 1.29 is 19.4 Å². The molecule has 17 heavy (non-hydrogen) atoms. The predicted octanol–water partition coefficient (Wildman–Crippen LogP) is -0.203. The monoisotopic (exact) mass is 240 g/mol. The number of aliphatic carboxylic acids is 1. The Kier molecular flexibility index (Phi) is 3.97. The fraction of sp³-hybridized carbons (Fsp3) is 0.636. The SMILES string of the molecule is C#CC(C)(C)NC(=O)NC1COCC1C(=O)O. The fourth-order valence-corrected chi connectivity index (χ4v) is 1.46. The molecule has 1 aliphatic rings. The van der Waals surface area contributed by atoms with E-state index in [2.05, 4.69) is 16.6 Å². The van der Waals surface area contributed by atoms with Crippen LogP contribution in [0.1, 0.15) is 13.8 Å². The number of carboxylic acids is 1. The van der Waals surface area contributed by atoms with E-state index in [1.54, 1.807) is 13.8 Å². The summed E-state index contributed by atoms with van der Waals surface area (Å²) in [5, 5.41) is 14.0. The van der Waals surface area contributed by atoms with E-state index in [1.165, 1.54) is 0 Å². The Morgan fingerprint density at radius 3 is 2.65 bits per heavy atom. The molecule has 6 nitrogen and oxygen atoms in total. The summed E-state index contributed by atoms with van der Waals surface area (Å²) in [7, 11) is 0. The van der Waals surface area contributed by atoms with Crippen molar-refractivity contribution in [1.29, 1.82) is 0 Å². The maximum Gasteiger partial charge on any atom is 0.316 e. The molecule has 1 fully saturated rings. The predicted molar refractivity (Wildman–Crippen MR) is 60.3 cm³/mol. The number of ether oxygens (including phenoxy) is 1. The molecule has 2 atom stereocenters. The van der Waals surface area contributed by atoms with Gasteiger partial charge in [0.2, 0.25) is 0 Å². The molecule has 0 aliphatic carbocycles. The molecule has 3 N–H and O–H groups in total. The quantitative estimate of drug-likeness (QED) is 0.596. The molecule has 2 amide bonds. The lowest BCUT2D eigenvalue weighted by molar-refractivity contribution is -0.142. The minimum atomic E-state index is -0.982. The summed E-state index contributed by atoms with van der Waals surface area (Å²) in [6, 6.07) is -1.02. The highest BCUT2D eigenvalue weighted by molar-refractivity contribution is 5.78. The van der Waals surface area contributed by atoms with E-state index in [1.807, 2.05) is 0 Å². The number of rotatable bonds is 3. The molecule has 0 aromatic carbocycles. The van der Waals surface area contributed by atoms with Crippen LogP contribution < -0.4 is 10.6 Å². The number of terminal acetylenes is 1. The summed E-state index contributed by atoms with van der Waals surface area (Å²) in [4.78, 5) is 22.4. The zero-order valence-electron chi connectivity index (χ0n) is 9.82. The van der Waals surface area contributed by atoms with Gasteiger partial charge in [-0.1, -0.05) is 5.92 Å². The summed E-state index contributed by atoms with van der Waals surface area (Å²) in [5.41, 5.74) is -0.776. The van der Waals surface area contributed by atoms with Gasteiger partial charge in [-0.25, -0.2) is 4.79 Å². The first-order valence-electron chi connectivity index (χ1n) is 5.23. The van der Waals surface area contributed by atoms with Crippen LogP contribution in [0.3, 0.4) is 0 Å². The van der Waals surface area contributed by atoms with Gasteiger partial charge < -0.3 is 20.5 Å². The summed E-state index contributed by atoms with van der Waals surface area (Å²) in [6.07, 6.45) is 5.23. The molecule has 1 rings (SSSR count). The lowest BCUT2D eigenvalue weighted by Crippen LogP contribution is -2.52. The number of carboxylic acid groups (broad SMARTS) is 1. The molecule has 2 unspecified atom stereocenters. The number of hydrogen-bond donors (Lipinski definition) is 3. The summed E-state index contributed by atoms with van der Waals surface area (Å²) >= 11 is 0. The number of carbonyl (C=O) groups excluding carboxylic acids is 1. The average Bonchev–Trinajstić information content (AvgIpc) is 2.65. The maximum absolute atomic E-state index is 11.6. The van der Waals surface area contributed by atoms with Crippen LogP contribution in [0.15, 0.2) is 0 Å². The van der Waals surface area contributed by atoms with Gasteiger partial charge in [-0.3, -0.25) is 4.79 Å². The number of hydrogen-bond acceptors (Lipinski definition) is 3. The van der Waals surface area contributed by atoms with E-state index >= 15 is 0 Å². The van der Waals surface area contributed by atoms with Crippen molar-refractivity contribution in [3.8, 4) is 12.3 Å². The second-order valence-corrected chi connectivity index (χ2v) is 4.46. The highest BCUT2D eigenvalue weighted by Gasteiger charge is 2.35. The largest absolute Gasteiger partial charge is 0.481 e. The topological polar surface area (TPSA) is 87.7 Å². The highest BCUT2D eigenvalue weighted by Crippen LogP contribution is 2.13. The van der Waals surface area contributed by atoms with Crippen LogP contribution >= 0.6 is 0 Å². The molecule has 0 bridgehead atoms. The van der Waals surface area contributed by atoms with E-state index in [4.69, 9.17) is 16.3 Å². The molecule has 0 aromatic heterocycles. The molecule has 0 saturated carbocycles. The van der Waals surface area contributed by atoms with Crippen LogP contribution in [0, 0.1) is 18.3 Å². The molecule has 0 radical (unpaired) electrons. The van der Waals surface area contributed by atoms with Gasteiger partial charge in [-0.05, 0) is 13.8 Å². The molecule has 0 aromatic rings. The first-order chi connectivity index (χ1) is 7.85. The standard InChI is InChI=1S/C11H16N2O4/c1-4-11(2,3)13-10(16)12-8-6-17-5-7(8)9(14)15/h1,7-8H,5-6H2,2-3H3,(H,14,15)(H2,12,13,16). The Balaban J connectivity index is 2.52. The van der Waals surface area contributed by atoms with E-state index < -0.39 is 29.5 Å². The molecule has 1 aliphatic heterocycles. The van der Waals surface area contributed by atoms with Crippen molar-refractivity contribution in [1.82, 2.24) is 10.6 Å². The first kappa shape index (κ1) is 13.3. The van der Waals surface area contributed by atoms with Gasteiger partial charge in [-0.15, -0.1) is 6.42 Å². The average molecular weight is 240 g/mol. The molecule has 0 spiro atoms. The fourth-order valence-electron chi connectivity index (χ4n) is 1.46. The van der Waals surface area contributed by atoms with E-state index in [0.717, 1.165) is 0 Å². The second-order valence-electron chi connectivity index (χ2n) is 4.46. The molecular weight excluding hydrogens is 224 g/mol. The third-order valence-electron chi connectivity index (χ3n) is 2.50. The Labute approximate surface area is 99.7 Å². The molecule has 1 heterocycles. The van der Waals surface area contributed by atoms with Gasteiger partial charge in [0.05, 0.1) is 24.8 Å². The molecule has 1 saturated heterocycles. The minimum absolute atomic E-state index is 0.110. The molecular formula is C11H16N2O4.